The van der Waals surface area contributed by atoms with Gasteiger partial charge >= 0.3 is 0 Å². The monoisotopic (exact) mass is 646 g/mol. The number of fused-ring (bicyclic) bond motifs is 9. The molecular formula is C33H43F2N5O4S. The zero-order chi connectivity index (χ0) is 34.3. The average Bonchev–Trinajstić information content (AvgIpc) is 3.00. The van der Waals surface area contributed by atoms with E-state index in [1.807, 2.05) is 0 Å². The molecule has 4 aliphatic heterocycles. The number of pyridine rings is 1. The summed E-state index contributed by atoms with van der Waals surface area (Å²) in [5, 5.41) is 3.65. The van der Waals surface area contributed by atoms with Crippen LogP contribution >= 0.6 is 0 Å². The Morgan fingerprint density at radius 3 is 2.62 bits per heavy atom. The highest BCUT2D eigenvalue weighted by Crippen LogP contribution is 2.39. The zero-order valence-electron chi connectivity index (χ0n) is 28.6. The van der Waals surface area contributed by atoms with Gasteiger partial charge in [-0.3, -0.25) is 9.36 Å². The molecule has 3 aromatic rings. The Bertz CT molecular complexity index is 1800. The number of nitrogens with zero attached hydrogens (tertiary/aromatic N) is 4. The van der Waals surface area contributed by atoms with Crippen LogP contribution in [0.15, 0.2) is 35.1 Å². The van der Waals surface area contributed by atoms with Gasteiger partial charge in [0.2, 0.25) is 0 Å². The normalized spacial score (nSPS) is 27.5. The fourth-order valence-electron chi connectivity index (χ4n) is 6.84. The lowest BCUT2D eigenvalue weighted by Crippen LogP contribution is -2.48. The van der Waals surface area contributed by atoms with E-state index in [2.05, 4.69) is 20.2 Å². The van der Waals surface area contributed by atoms with Gasteiger partial charge in [-0.1, -0.05) is 18.2 Å². The first-order valence-electron chi connectivity index (χ1n) is 17.4. The van der Waals surface area contributed by atoms with Gasteiger partial charge in [-0.15, -0.1) is 0 Å². The van der Waals surface area contributed by atoms with Crippen molar-refractivity contribution in [3.05, 3.63) is 63.2 Å². The topological polar surface area (TPSA) is 106 Å². The number of hydrogen-bond acceptors (Lipinski definition) is 8. The largest absolute Gasteiger partial charge is 0.381 e. The first-order valence-corrected chi connectivity index (χ1v) is 17.7. The standard InChI is InChI=1S/C33H43F2N5O4S/c1-22-26-7-5-8-27(17-26)33(34,35)19-24-20-39(21-24)11-3-4-13-44-14-6-12-40-31-29(30(36-22)37-23(2)38-31)18-28(32(40)41)25-9-15-45(42,43)16-10-25/h5,7-8,17-18,22,24-25H,3-4,6,9-16,19-21H2,1-2H3,(H,36,37,38)/t22-/m1/s1/i2D3. The van der Waals surface area contributed by atoms with Crippen molar-refractivity contribution >= 4 is 26.7 Å². The first kappa shape index (κ1) is 28.3. The molecule has 2 fully saturated rings. The maximum Gasteiger partial charge on any atom is 0.273 e. The molecule has 6 heterocycles. The number of ether oxygens (including phenoxy) is 1. The van der Waals surface area contributed by atoms with E-state index in [-0.39, 0.29) is 58.9 Å². The number of sulfone groups is 1. The van der Waals surface area contributed by atoms with Crippen molar-refractivity contribution in [3.8, 4) is 0 Å². The summed E-state index contributed by atoms with van der Waals surface area (Å²) in [6.07, 6.45) is 2.52. The number of alkyl halides is 2. The Morgan fingerprint density at radius 1 is 1.07 bits per heavy atom. The molecule has 7 rings (SSSR count). The molecule has 8 bridgehead atoms. The molecule has 0 saturated carbocycles. The Balaban J connectivity index is 1.44. The van der Waals surface area contributed by atoms with Crippen LogP contribution in [0.25, 0.3) is 11.0 Å². The molecule has 0 spiro atoms. The Labute approximate surface area is 267 Å². The molecule has 244 valence electrons. The van der Waals surface area contributed by atoms with E-state index in [1.165, 1.54) is 16.7 Å². The molecule has 2 aromatic heterocycles. The van der Waals surface area contributed by atoms with Gasteiger partial charge in [-0.25, -0.2) is 27.2 Å². The summed E-state index contributed by atoms with van der Waals surface area (Å²) in [7, 11) is -3.19. The van der Waals surface area contributed by atoms with Crippen LogP contribution in [0.4, 0.5) is 14.6 Å². The van der Waals surface area contributed by atoms with Crippen LogP contribution in [-0.4, -0.2) is 72.2 Å². The maximum absolute atomic E-state index is 15.6. The summed E-state index contributed by atoms with van der Waals surface area (Å²) in [6.45, 7) is 2.30. The van der Waals surface area contributed by atoms with Crippen molar-refractivity contribution in [3.63, 3.8) is 0 Å². The number of halogens is 2. The molecule has 1 N–H and O–H groups in total. The molecule has 0 unspecified atom stereocenters. The molecular weight excluding hydrogens is 600 g/mol. The maximum atomic E-state index is 15.6. The number of hydrogen-bond donors (Lipinski definition) is 1. The predicted octanol–water partition coefficient (Wildman–Crippen LogP) is 5.18. The summed E-state index contributed by atoms with van der Waals surface area (Å²) in [5.41, 5.74) is 0.696. The van der Waals surface area contributed by atoms with E-state index in [1.54, 1.807) is 25.1 Å². The Kier molecular flexibility index (Phi) is 8.19. The van der Waals surface area contributed by atoms with Crippen LogP contribution in [0.3, 0.4) is 0 Å². The summed E-state index contributed by atoms with van der Waals surface area (Å²) in [4.78, 5) is 25.1. The third kappa shape index (κ3) is 7.23. The van der Waals surface area contributed by atoms with Crippen LogP contribution < -0.4 is 10.9 Å². The average molecular weight is 647 g/mol. The molecule has 0 radical (unpaired) electrons. The Morgan fingerprint density at radius 2 is 1.84 bits per heavy atom. The van der Waals surface area contributed by atoms with Crippen LogP contribution in [0.2, 0.25) is 0 Å². The molecule has 0 aliphatic carbocycles. The second-order valence-electron chi connectivity index (χ2n) is 12.8. The third-order valence-corrected chi connectivity index (χ3v) is 11.1. The number of aromatic nitrogens is 3. The molecule has 12 heteroatoms. The van der Waals surface area contributed by atoms with E-state index in [0.717, 1.165) is 19.4 Å². The molecule has 9 nitrogen and oxygen atoms in total. The summed E-state index contributed by atoms with van der Waals surface area (Å²) in [5.74, 6) is -3.78. The van der Waals surface area contributed by atoms with E-state index in [4.69, 9.17) is 8.85 Å². The summed E-state index contributed by atoms with van der Waals surface area (Å²) < 4.78 is 87.1. The number of benzene rings is 1. The highest BCUT2D eigenvalue weighted by molar-refractivity contribution is 7.91. The van der Waals surface area contributed by atoms with E-state index in [0.29, 0.717) is 62.1 Å². The van der Waals surface area contributed by atoms with Gasteiger partial charge in [0.25, 0.3) is 11.5 Å². The van der Waals surface area contributed by atoms with Crippen LogP contribution in [0, 0.1) is 12.8 Å². The second-order valence-corrected chi connectivity index (χ2v) is 15.1. The minimum Gasteiger partial charge on any atom is -0.381 e. The quantitative estimate of drug-likeness (QED) is 0.386. The van der Waals surface area contributed by atoms with E-state index >= 15 is 8.78 Å². The lowest BCUT2D eigenvalue weighted by Gasteiger charge is -2.41. The van der Waals surface area contributed by atoms with Crippen LogP contribution in [0.1, 0.15) is 84.0 Å². The minimum absolute atomic E-state index is 0.0287. The molecule has 1 aromatic carbocycles. The molecule has 45 heavy (non-hydrogen) atoms. The zero-order valence-corrected chi connectivity index (χ0v) is 26.4. The van der Waals surface area contributed by atoms with Crippen molar-refractivity contribution in [2.75, 3.05) is 49.7 Å². The molecule has 0 amide bonds. The van der Waals surface area contributed by atoms with Gasteiger partial charge in [-0.05, 0) is 82.0 Å². The smallest absolute Gasteiger partial charge is 0.273 e. The summed E-state index contributed by atoms with van der Waals surface area (Å²) in [6, 6.07) is 7.33. The third-order valence-electron chi connectivity index (χ3n) is 9.39. The fraction of sp³-hybridized carbons (Fsp3) is 0.606. The predicted molar refractivity (Wildman–Crippen MR) is 171 cm³/mol. The van der Waals surface area contributed by atoms with Gasteiger partial charge in [0.1, 0.15) is 27.1 Å². The number of rotatable bonds is 1. The second kappa shape index (κ2) is 13.0. The van der Waals surface area contributed by atoms with Crippen LogP contribution in [-0.2, 0) is 27.0 Å². The van der Waals surface area contributed by atoms with Crippen molar-refractivity contribution in [1.29, 1.82) is 0 Å². The Hall–Kier alpha value is -2.96. The van der Waals surface area contributed by atoms with Crippen LogP contribution in [0.5, 0.6) is 0 Å². The first-order chi connectivity index (χ1) is 22.7. The van der Waals surface area contributed by atoms with Gasteiger partial charge in [-0.2, -0.15) is 0 Å². The fourth-order valence-corrected chi connectivity index (χ4v) is 8.33. The van der Waals surface area contributed by atoms with Crippen molar-refractivity contribution in [2.24, 2.45) is 5.92 Å². The highest BCUT2D eigenvalue weighted by Gasteiger charge is 2.39. The van der Waals surface area contributed by atoms with E-state index < -0.39 is 34.5 Å². The molecule has 1 atom stereocenters. The van der Waals surface area contributed by atoms with Gasteiger partial charge in [0, 0.05) is 60.5 Å². The van der Waals surface area contributed by atoms with Gasteiger partial charge in [0.15, 0.2) is 0 Å². The van der Waals surface area contributed by atoms with Crippen molar-refractivity contribution in [2.45, 2.75) is 76.7 Å². The van der Waals surface area contributed by atoms with E-state index in [9.17, 15) is 13.2 Å². The lowest BCUT2D eigenvalue weighted by atomic mass is 9.89. The van der Waals surface area contributed by atoms with Gasteiger partial charge < -0.3 is 15.0 Å². The molecule has 2 saturated heterocycles. The van der Waals surface area contributed by atoms with Gasteiger partial charge in [0.05, 0.1) is 16.9 Å². The summed E-state index contributed by atoms with van der Waals surface area (Å²) >= 11 is 0. The minimum atomic E-state index is -3.19. The number of anilines is 1. The van der Waals surface area contributed by atoms with Crippen molar-refractivity contribution < 1.29 is 26.0 Å². The van der Waals surface area contributed by atoms with Crippen molar-refractivity contribution in [1.82, 2.24) is 19.4 Å². The number of aryl methyl sites for hydroxylation is 2. The number of nitrogens with one attached hydrogen (secondary N) is 1. The SMILES string of the molecule is [2H]C([2H])([2H])c1nc2c3cc(C4CCS(=O)(=O)CC4)c(=O)n(c3n1)CCCOCCCCN1CC(C1)CC(F)(F)c1cccc(c1)[C@@H](C)N2. The lowest BCUT2D eigenvalue weighted by molar-refractivity contribution is -0.0570. The molecule has 4 aliphatic rings. The highest BCUT2D eigenvalue weighted by atomic mass is 32.2.